The molecule has 4 nitrogen and oxygen atoms in total. The van der Waals surface area contributed by atoms with Gasteiger partial charge in [-0.3, -0.25) is 4.79 Å². The van der Waals surface area contributed by atoms with Gasteiger partial charge in [0.2, 0.25) is 5.95 Å². The summed E-state index contributed by atoms with van der Waals surface area (Å²) in [5.74, 6) is -0.737. The lowest BCUT2D eigenvalue weighted by atomic mass is 10.1. The first-order chi connectivity index (χ1) is 10.2. The molecular formula is C16H25FN2O2. The van der Waals surface area contributed by atoms with Crippen molar-refractivity contribution >= 4 is 5.91 Å². The third-order valence-corrected chi connectivity index (χ3v) is 3.38. The number of aliphatic hydroxyl groups excluding tert-OH is 1. The maximum atomic E-state index is 12.8. The van der Waals surface area contributed by atoms with Crippen LogP contribution in [0.5, 0.6) is 0 Å². The number of nitrogens with zero attached hydrogens (tertiary/aromatic N) is 2. The molecule has 1 N–H and O–H groups in total. The predicted molar refractivity (Wildman–Crippen MR) is 80.6 cm³/mol. The number of unbranched alkanes of at least 4 members (excludes halogenated alkanes) is 4. The zero-order valence-electron chi connectivity index (χ0n) is 12.7. The van der Waals surface area contributed by atoms with E-state index in [4.69, 9.17) is 5.11 Å². The van der Waals surface area contributed by atoms with Gasteiger partial charge >= 0.3 is 0 Å². The molecule has 0 aliphatic carbocycles. The molecule has 1 aromatic rings. The van der Waals surface area contributed by atoms with Crippen molar-refractivity contribution in [2.75, 3.05) is 19.7 Å². The number of aromatic nitrogens is 1. The lowest BCUT2D eigenvalue weighted by Gasteiger charge is -2.22. The SMILES string of the molecule is CCCCCCCN(CCCO)C(=O)c1ccc(F)nc1. The summed E-state index contributed by atoms with van der Waals surface area (Å²) in [5.41, 5.74) is 0.392. The normalized spacial score (nSPS) is 10.6. The quantitative estimate of drug-likeness (QED) is 0.533. The molecule has 0 spiro atoms. The summed E-state index contributed by atoms with van der Waals surface area (Å²) in [6, 6.07) is 2.65. The van der Waals surface area contributed by atoms with Gasteiger partial charge in [-0.1, -0.05) is 32.6 Å². The fourth-order valence-corrected chi connectivity index (χ4v) is 2.17. The predicted octanol–water partition coefficient (Wildman–Crippen LogP) is 3.02. The molecule has 118 valence electrons. The highest BCUT2D eigenvalue weighted by Gasteiger charge is 2.15. The van der Waals surface area contributed by atoms with Crippen molar-refractivity contribution in [3.05, 3.63) is 29.8 Å². The van der Waals surface area contributed by atoms with Crippen molar-refractivity contribution in [2.24, 2.45) is 0 Å². The largest absolute Gasteiger partial charge is 0.396 e. The van der Waals surface area contributed by atoms with E-state index >= 15 is 0 Å². The van der Waals surface area contributed by atoms with Crippen LogP contribution >= 0.6 is 0 Å². The molecule has 0 aliphatic heterocycles. The average Bonchev–Trinajstić information content (AvgIpc) is 2.50. The Labute approximate surface area is 126 Å². The standard InChI is InChI=1S/C16H25FN2O2/c1-2-3-4-5-6-10-19(11-7-12-20)16(21)14-8-9-15(17)18-13-14/h8-9,13,20H,2-7,10-12H2,1H3. The fraction of sp³-hybridized carbons (Fsp3) is 0.625. The van der Waals surface area contributed by atoms with Crippen LogP contribution in [0.25, 0.3) is 0 Å². The lowest BCUT2D eigenvalue weighted by molar-refractivity contribution is 0.0741. The van der Waals surface area contributed by atoms with E-state index in [0.29, 0.717) is 25.1 Å². The van der Waals surface area contributed by atoms with E-state index in [0.717, 1.165) is 12.8 Å². The van der Waals surface area contributed by atoms with E-state index in [2.05, 4.69) is 11.9 Å². The molecule has 1 heterocycles. The van der Waals surface area contributed by atoms with Crippen LogP contribution in [0.3, 0.4) is 0 Å². The van der Waals surface area contributed by atoms with Crippen LogP contribution in [0, 0.1) is 5.95 Å². The van der Waals surface area contributed by atoms with Crippen molar-refractivity contribution in [2.45, 2.75) is 45.4 Å². The number of hydrogen-bond acceptors (Lipinski definition) is 3. The molecule has 0 aromatic carbocycles. The van der Waals surface area contributed by atoms with E-state index < -0.39 is 5.95 Å². The first-order valence-electron chi connectivity index (χ1n) is 7.70. The van der Waals surface area contributed by atoms with Crippen LogP contribution in [0.2, 0.25) is 0 Å². The Morgan fingerprint density at radius 2 is 1.90 bits per heavy atom. The van der Waals surface area contributed by atoms with E-state index in [-0.39, 0.29) is 12.5 Å². The Morgan fingerprint density at radius 1 is 1.19 bits per heavy atom. The average molecular weight is 296 g/mol. The topological polar surface area (TPSA) is 53.4 Å². The number of aliphatic hydroxyl groups is 1. The summed E-state index contributed by atoms with van der Waals surface area (Å²) in [6.45, 7) is 3.40. The second-order valence-corrected chi connectivity index (χ2v) is 5.15. The van der Waals surface area contributed by atoms with Gasteiger partial charge in [-0.15, -0.1) is 0 Å². The van der Waals surface area contributed by atoms with Gasteiger partial charge in [0.05, 0.1) is 5.56 Å². The third-order valence-electron chi connectivity index (χ3n) is 3.38. The maximum absolute atomic E-state index is 12.8. The van der Waals surface area contributed by atoms with Crippen LogP contribution in [0.1, 0.15) is 55.8 Å². The molecule has 0 unspecified atom stereocenters. The molecule has 1 amide bonds. The Hall–Kier alpha value is -1.49. The van der Waals surface area contributed by atoms with Crippen molar-refractivity contribution < 1.29 is 14.3 Å². The number of carbonyl (C=O) groups excluding carboxylic acids is 1. The van der Waals surface area contributed by atoms with Crippen LogP contribution < -0.4 is 0 Å². The summed E-state index contributed by atoms with van der Waals surface area (Å²) >= 11 is 0. The van der Waals surface area contributed by atoms with Gasteiger partial charge in [-0.2, -0.15) is 4.39 Å². The van der Waals surface area contributed by atoms with Gasteiger partial charge in [0.25, 0.3) is 5.91 Å². The van der Waals surface area contributed by atoms with Crippen LogP contribution in [-0.4, -0.2) is 40.6 Å². The van der Waals surface area contributed by atoms with Gasteiger partial charge < -0.3 is 10.0 Å². The highest BCUT2D eigenvalue weighted by molar-refractivity contribution is 5.93. The number of halogens is 1. The Bertz CT molecular complexity index is 409. The molecular weight excluding hydrogens is 271 g/mol. The number of pyridine rings is 1. The maximum Gasteiger partial charge on any atom is 0.255 e. The number of hydrogen-bond donors (Lipinski definition) is 1. The lowest BCUT2D eigenvalue weighted by Crippen LogP contribution is -2.33. The first kappa shape index (κ1) is 17.6. The van der Waals surface area contributed by atoms with Crippen LogP contribution in [0.15, 0.2) is 18.3 Å². The van der Waals surface area contributed by atoms with Crippen molar-refractivity contribution in [3.8, 4) is 0 Å². The minimum Gasteiger partial charge on any atom is -0.396 e. The van der Waals surface area contributed by atoms with Gasteiger partial charge in [-0.05, 0) is 25.0 Å². The fourth-order valence-electron chi connectivity index (χ4n) is 2.17. The molecule has 0 saturated heterocycles. The van der Waals surface area contributed by atoms with E-state index in [9.17, 15) is 9.18 Å². The summed E-state index contributed by atoms with van der Waals surface area (Å²) in [6.07, 6.45) is 7.44. The molecule has 0 saturated carbocycles. The van der Waals surface area contributed by atoms with E-state index in [1.165, 1.54) is 37.6 Å². The summed E-state index contributed by atoms with van der Waals surface area (Å²) in [5, 5.41) is 8.95. The molecule has 21 heavy (non-hydrogen) atoms. The van der Waals surface area contributed by atoms with Crippen LogP contribution in [-0.2, 0) is 0 Å². The minimum absolute atomic E-state index is 0.0568. The smallest absolute Gasteiger partial charge is 0.255 e. The van der Waals surface area contributed by atoms with E-state index in [1.807, 2.05) is 0 Å². The molecule has 0 aliphatic rings. The monoisotopic (exact) mass is 296 g/mol. The first-order valence-corrected chi connectivity index (χ1v) is 7.70. The molecule has 1 rings (SSSR count). The Kier molecular flexibility index (Phi) is 8.59. The second-order valence-electron chi connectivity index (χ2n) is 5.15. The number of carbonyl (C=O) groups is 1. The van der Waals surface area contributed by atoms with Crippen molar-refractivity contribution in [1.82, 2.24) is 9.88 Å². The zero-order chi connectivity index (χ0) is 15.5. The summed E-state index contributed by atoms with van der Waals surface area (Å²) < 4.78 is 12.8. The van der Waals surface area contributed by atoms with Gasteiger partial charge in [0.15, 0.2) is 0 Å². The molecule has 0 atom stereocenters. The van der Waals surface area contributed by atoms with Gasteiger partial charge in [0.1, 0.15) is 0 Å². The molecule has 0 radical (unpaired) electrons. The molecule has 1 aromatic heterocycles. The van der Waals surface area contributed by atoms with E-state index in [1.54, 1.807) is 4.90 Å². The minimum atomic E-state index is -0.590. The van der Waals surface area contributed by atoms with Gasteiger partial charge in [-0.25, -0.2) is 4.98 Å². The number of amides is 1. The Balaban J connectivity index is 2.54. The van der Waals surface area contributed by atoms with Crippen LogP contribution in [0.4, 0.5) is 4.39 Å². The molecule has 0 fully saturated rings. The third kappa shape index (κ3) is 6.67. The number of rotatable bonds is 10. The second kappa shape index (κ2) is 10.3. The zero-order valence-corrected chi connectivity index (χ0v) is 12.7. The highest BCUT2D eigenvalue weighted by atomic mass is 19.1. The highest BCUT2D eigenvalue weighted by Crippen LogP contribution is 2.09. The van der Waals surface area contributed by atoms with Crippen molar-refractivity contribution in [1.29, 1.82) is 0 Å². The summed E-state index contributed by atoms with van der Waals surface area (Å²) in [7, 11) is 0. The van der Waals surface area contributed by atoms with Gasteiger partial charge in [0, 0.05) is 25.9 Å². The summed E-state index contributed by atoms with van der Waals surface area (Å²) in [4.78, 5) is 17.6. The Morgan fingerprint density at radius 3 is 2.52 bits per heavy atom. The molecule has 5 heteroatoms. The van der Waals surface area contributed by atoms with Crippen molar-refractivity contribution in [3.63, 3.8) is 0 Å². The molecule has 0 bridgehead atoms.